The fraction of sp³-hybridized carbons (Fsp3) is 0.467. The summed E-state index contributed by atoms with van der Waals surface area (Å²) in [5.41, 5.74) is 4.05. The molecule has 5 heteroatoms. The second-order valence-corrected chi connectivity index (χ2v) is 5.44. The normalized spacial score (nSPS) is 11.1. The van der Waals surface area contributed by atoms with Gasteiger partial charge in [0.1, 0.15) is 0 Å². The van der Waals surface area contributed by atoms with Crippen molar-refractivity contribution in [2.75, 3.05) is 6.54 Å². The van der Waals surface area contributed by atoms with E-state index in [-0.39, 0.29) is 0 Å². The molecule has 2 aromatic rings. The molecule has 0 aliphatic carbocycles. The summed E-state index contributed by atoms with van der Waals surface area (Å²) in [7, 11) is 0. The van der Waals surface area contributed by atoms with Crippen LogP contribution in [0.1, 0.15) is 35.9 Å². The van der Waals surface area contributed by atoms with Gasteiger partial charge in [0.15, 0.2) is 5.82 Å². The number of aromatic nitrogens is 3. The van der Waals surface area contributed by atoms with Crippen molar-refractivity contribution in [1.29, 1.82) is 0 Å². The van der Waals surface area contributed by atoms with Gasteiger partial charge in [-0.1, -0.05) is 18.5 Å². The van der Waals surface area contributed by atoms with E-state index in [4.69, 9.17) is 11.6 Å². The first-order valence-corrected chi connectivity index (χ1v) is 7.30. The second kappa shape index (κ2) is 6.37. The van der Waals surface area contributed by atoms with Gasteiger partial charge in [-0.05, 0) is 50.9 Å². The smallest absolute Gasteiger partial charge is 0.156 e. The molecule has 2 aromatic heterocycles. The Labute approximate surface area is 125 Å². The summed E-state index contributed by atoms with van der Waals surface area (Å²) in [5, 5.41) is 8.54. The van der Waals surface area contributed by atoms with Gasteiger partial charge >= 0.3 is 0 Å². The summed E-state index contributed by atoms with van der Waals surface area (Å²) in [6, 6.07) is 2.15. The maximum Gasteiger partial charge on any atom is 0.156 e. The molecule has 4 nitrogen and oxygen atoms in total. The van der Waals surface area contributed by atoms with Gasteiger partial charge < -0.3 is 5.32 Å². The SMILES string of the molecule is CCCNCc1cnc(-n2nc(C)c(Cl)c2C)c(C)c1. The number of rotatable bonds is 5. The monoisotopic (exact) mass is 292 g/mol. The minimum atomic E-state index is 0.708. The Hall–Kier alpha value is -1.39. The van der Waals surface area contributed by atoms with Crippen LogP contribution in [-0.4, -0.2) is 21.3 Å². The van der Waals surface area contributed by atoms with Gasteiger partial charge in [-0.2, -0.15) is 5.10 Å². The van der Waals surface area contributed by atoms with Crippen LogP contribution in [0, 0.1) is 20.8 Å². The van der Waals surface area contributed by atoms with Gasteiger partial charge in [0, 0.05) is 12.7 Å². The molecule has 2 rings (SSSR count). The third-order valence-corrected chi connectivity index (χ3v) is 3.81. The summed E-state index contributed by atoms with van der Waals surface area (Å²) in [6.07, 6.45) is 3.03. The van der Waals surface area contributed by atoms with E-state index in [2.05, 4.69) is 35.3 Å². The van der Waals surface area contributed by atoms with Crippen molar-refractivity contribution in [3.05, 3.63) is 39.8 Å². The summed E-state index contributed by atoms with van der Waals surface area (Å²) >= 11 is 6.20. The molecule has 0 radical (unpaired) electrons. The zero-order valence-corrected chi connectivity index (χ0v) is 13.3. The number of hydrogen-bond acceptors (Lipinski definition) is 3. The van der Waals surface area contributed by atoms with Crippen molar-refractivity contribution >= 4 is 11.6 Å². The van der Waals surface area contributed by atoms with Crippen LogP contribution in [0.2, 0.25) is 5.02 Å². The molecule has 2 heterocycles. The highest BCUT2D eigenvalue weighted by molar-refractivity contribution is 6.31. The third-order valence-electron chi connectivity index (χ3n) is 3.27. The summed E-state index contributed by atoms with van der Waals surface area (Å²) < 4.78 is 1.82. The number of nitrogens with one attached hydrogen (secondary N) is 1. The zero-order valence-electron chi connectivity index (χ0n) is 12.5. The van der Waals surface area contributed by atoms with Crippen molar-refractivity contribution in [3.63, 3.8) is 0 Å². The number of pyridine rings is 1. The van der Waals surface area contributed by atoms with Gasteiger partial charge in [0.25, 0.3) is 0 Å². The van der Waals surface area contributed by atoms with E-state index in [1.165, 1.54) is 5.56 Å². The Balaban J connectivity index is 2.27. The van der Waals surface area contributed by atoms with Crippen molar-refractivity contribution in [2.45, 2.75) is 40.7 Å². The van der Waals surface area contributed by atoms with Gasteiger partial charge in [0.05, 0.1) is 16.4 Å². The Bertz CT molecular complexity index is 604. The highest BCUT2D eigenvalue weighted by Crippen LogP contribution is 2.23. The molecule has 1 N–H and O–H groups in total. The fourth-order valence-electron chi connectivity index (χ4n) is 2.18. The Morgan fingerprint density at radius 1 is 1.30 bits per heavy atom. The average Bonchev–Trinajstić information content (AvgIpc) is 2.67. The summed E-state index contributed by atoms with van der Waals surface area (Å²) in [6.45, 7) is 9.94. The van der Waals surface area contributed by atoms with Crippen LogP contribution in [-0.2, 0) is 6.54 Å². The summed E-state index contributed by atoms with van der Waals surface area (Å²) in [4.78, 5) is 4.54. The van der Waals surface area contributed by atoms with E-state index in [1.54, 1.807) is 0 Å². The van der Waals surface area contributed by atoms with Gasteiger partial charge in [-0.15, -0.1) is 0 Å². The van der Waals surface area contributed by atoms with Crippen molar-refractivity contribution in [2.24, 2.45) is 0 Å². The first kappa shape index (κ1) is 15.0. The van der Waals surface area contributed by atoms with Crippen LogP contribution < -0.4 is 5.32 Å². The zero-order chi connectivity index (χ0) is 14.7. The standard InChI is InChI=1S/C15H21ClN4/c1-5-6-17-8-13-7-10(2)15(18-9-13)20-12(4)14(16)11(3)19-20/h7,9,17H,5-6,8H2,1-4H3. The minimum Gasteiger partial charge on any atom is -0.313 e. The molecule has 0 bridgehead atoms. The largest absolute Gasteiger partial charge is 0.313 e. The highest BCUT2D eigenvalue weighted by atomic mass is 35.5. The maximum atomic E-state index is 6.20. The van der Waals surface area contributed by atoms with Crippen LogP contribution in [0.4, 0.5) is 0 Å². The first-order valence-electron chi connectivity index (χ1n) is 6.93. The lowest BCUT2D eigenvalue weighted by Gasteiger charge is -2.09. The van der Waals surface area contributed by atoms with Crippen LogP contribution >= 0.6 is 11.6 Å². The molecular formula is C15H21ClN4. The number of halogens is 1. The lowest BCUT2D eigenvalue weighted by atomic mass is 10.2. The lowest BCUT2D eigenvalue weighted by molar-refractivity contribution is 0.672. The van der Waals surface area contributed by atoms with E-state index in [1.807, 2.05) is 24.7 Å². The molecule has 0 amide bonds. The molecule has 108 valence electrons. The highest BCUT2D eigenvalue weighted by Gasteiger charge is 2.13. The van der Waals surface area contributed by atoms with E-state index in [0.29, 0.717) is 5.02 Å². The van der Waals surface area contributed by atoms with Gasteiger partial charge in [-0.25, -0.2) is 9.67 Å². The molecule has 0 fully saturated rings. The maximum absolute atomic E-state index is 6.20. The molecule has 0 aliphatic rings. The van der Waals surface area contributed by atoms with Crippen molar-refractivity contribution < 1.29 is 0 Å². The molecule has 0 saturated heterocycles. The van der Waals surface area contributed by atoms with Crippen LogP contribution in [0.3, 0.4) is 0 Å². The molecule has 0 spiro atoms. The van der Waals surface area contributed by atoms with Gasteiger partial charge in [0.2, 0.25) is 0 Å². The number of aryl methyl sites for hydroxylation is 2. The molecule has 0 saturated carbocycles. The van der Waals surface area contributed by atoms with E-state index in [9.17, 15) is 0 Å². The molecular weight excluding hydrogens is 272 g/mol. The minimum absolute atomic E-state index is 0.708. The number of hydrogen-bond donors (Lipinski definition) is 1. The Morgan fingerprint density at radius 3 is 2.60 bits per heavy atom. The quantitative estimate of drug-likeness (QED) is 0.860. The first-order chi connectivity index (χ1) is 9.54. The third kappa shape index (κ3) is 3.02. The topological polar surface area (TPSA) is 42.7 Å². The Kier molecular flexibility index (Phi) is 4.78. The molecule has 20 heavy (non-hydrogen) atoms. The van der Waals surface area contributed by atoms with E-state index < -0.39 is 0 Å². The van der Waals surface area contributed by atoms with Crippen LogP contribution in [0.25, 0.3) is 5.82 Å². The fourth-order valence-corrected chi connectivity index (χ4v) is 2.30. The number of nitrogens with zero attached hydrogens (tertiary/aromatic N) is 3. The predicted octanol–water partition coefficient (Wildman–Crippen LogP) is 3.35. The van der Waals surface area contributed by atoms with Crippen LogP contribution in [0.5, 0.6) is 0 Å². The summed E-state index contributed by atoms with van der Waals surface area (Å²) in [5.74, 6) is 0.844. The van der Waals surface area contributed by atoms with E-state index >= 15 is 0 Å². The Morgan fingerprint density at radius 2 is 2.05 bits per heavy atom. The van der Waals surface area contributed by atoms with Crippen LogP contribution in [0.15, 0.2) is 12.3 Å². The molecule has 0 unspecified atom stereocenters. The molecule has 0 aliphatic heterocycles. The lowest BCUT2D eigenvalue weighted by Crippen LogP contribution is -2.14. The second-order valence-electron chi connectivity index (χ2n) is 5.06. The van der Waals surface area contributed by atoms with Crippen molar-refractivity contribution in [3.8, 4) is 5.82 Å². The van der Waals surface area contributed by atoms with E-state index in [0.717, 1.165) is 42.3 Å². The van der Waals surface area contributed by atoms with Crippen molar-refractivity contribution in [1.82, 2.24) is 20.1 Å². The van der Waals surface area contributed by atoms with Gasteiger partial charge in [-0.3, -0.25) is 0 Å². The average molecular weight is 293 g/mol. The predicted molar refractivity (Wildman–Crippen MR) is 82.6 cm³/mol. The molecule has 0 atom stereocenters. The molecule has 0 aromatic carbocycles.